The van der Waals surface area contributed by atoms with Crippen molar-refractivity contribution >= 4 is 10.0 Å². The fourth-order valence-electron chi connectivity index (χ4n) is 0.882. The van der Waals surface area contributed by atoms with Crippen molar-refractivity contribution in [3.05, 3.63) is 12.2 Å². The number of sulfonamides is 1. The number of hydrogen-bond acceptors (Lipinski definition) is 2. The second-order valence-electron chi connectivity index (χ2n) is 3.47. The smallest absolute Gasteiger partial charge is 0.223 e. The van der Waals surface area contributed by atoms with E-state index in [0.717, 1.165) is 6.92 Å². The number of rotatable bonds is 5. The molecule has 0 saturated heterocycles. The topological polar surface area (TPSA) is 60.2 Å². The van der Waals surface area contributed by atoms with Gasteiger partial charge in [0.25, 0.3) is 10.0 Å². The summed E-state index contributed by atoms with van der Waals surface area (Å²) in [6, 6.07) is 0. The second kappa shape index (κ2) is 4.16. The molecule has 0 rings (SSSR count). The number of primary sulfonamides is 1. The van der Waals surface area contributed by atoms with Crippen molar-refractivity contribution in [2.75, 3.05) is 0 Å². The highest BCUT2D eigenvalue weighted by atomic mass is 32.2. The SMILES string of the molecule is C=C(C)CC(F)(F)C(F)(F)C(F)(F)S(N)(=O)=O. The molecule has 0 fully saturated rings. The van der Waals surface area contributed by atoms with Gasteiger partial charge in [-0.1, -0.05) is 12.2 Å². The standard InChI is InChI=1S/C7H9F6NO2S/c1-4(2)3-5(8,9)6(10,11)7(12,13)17(14,15)16/h1,3H2,2H3,(H2,14,15,16). The third kappa shape index (κ3) is 2.73. The molecular weight excluding hydrogens is 276 g/mol. The first-order chi connectivity index (χ1) is 7.17. The van der Waals surface area contributed by atoms with Crippen LogP contribution in [0.5, 0.6) is 0 Å². The molecule has 0 heterocycles. The molecule has 17 heavy (non-hydrogen) atoms. The summed E-state index contributed by atoms with van der Waals surface area (Å²) in [5.41, 5.74) is -0.514. The zero-order chi connectivity index (χ0) is 14.3. The van der Waals surface area contributed by atoms with Gasteiger partial charge in [-0.3, -0.25) is 0 Å². The average molecular weight is 285 g/mol. The summed E-state index contributed by atoms with van der Waals surface area (Å²) in [7, 11) is -6.17. The quantitative estimate of drug-likeness (QED) is 0.621. The van der Waals surface area contributed by atoms with E-state index in [9.17, 15) is 34.8 Å². The lowest BCUT2D eigenvalue weighted by Gasteiger charge is -2.31. The van der Waals surface area contributed by atoms with Gasteiger partial charge in [0.05, 0.1) is 0 Å². The van der Waals surface area contributed by atoms with Gasteiger partial charge in [-0.15, -0.1) is 0 Å². The maximum Gasteiger partial charge on any atom is 0.426 e. The summed E-state index contributed by atoms with van der Waals surface area (Å²) in [6.07, 6.45) is -1.79. The summed E-state index contributed by atoms with van der Waals surface area (Å²) in [4.78, 5) is 0. The van der Waals surface area contributed by atoms with Crippen LogP contribution >= 0.6 is 0 Å². The zero-order valence-electron chi connectivity index (χ0n) is 8.48. The molecule has 10 heteroatoms. The summed E-state index contributed by atoms with van der Waals surface area (Å²) < 4.78 is 97.2. The molecule has 102 valence electrons. The van der Waals surface area contributed by atoms with Crippen LogP contribution in [0.1, 0.15) is 13.3 Å². The summed E-state index contributed by atoms with van der Waals surface area (Å²) in [5, 5.41) is -2.26. The highest BCUT2D eigenvalue weighted by Gasteiger charge is 2.76. The molecule has 0 aromatic carbocycles. The van der Waals surface area contributed by atoms with Gasteiger partial charge in [0.2, 0.25) is 0 Å². The predicted octanol–water partition coefficient (Wildman–Crippen LogP) is 2.10. The van der Waals surface area contributed by atoms with Crippen LogP contribution in [0.3, 0.4) is 0 Å². The zero-order valence-corrected chi connectivity index (χ0v) is 9.30. The van der Waals surface area contributed by atoms with Crippen LogP contribution in [-0.2, 0) is 10.0 Å². The lowest BCUT2D eigenvalue weighted by molar-refractivity contribution is -0.278. The first-order valence-corrected chi connectivity index (χ1v) is 5.51. The minimum atomic E-state index is -6.17. The van der Waals surface area contributed by atoms with Crippen molar-refractivity contribution in [2.24, 2.45) is 5.14 Å². The highest BCUT2D eigenvalue weighted by Crippen LogP contribution is 2.49. The lowest BCUT2D eigenvalue weighted by atomic mass is 10.0. The van der Waals surface area contributed by atoms with Crippen LogP contribution in [0.15, 0.2) is 12.2 Å². The van der Waals surface area contributed by atoms with Crippen LogP contribution in [-0.4, -0.2) is 25.5 Å². The van der Waals surface area contributed by atoms with Gasteiger partial charge in [0.15, 0.2) is 0 Å². The average Bonchev–Trinajstić information content (AvgIpc) is 1.98. The molecule has 0 saturated carbocycles. The highest BCUT2D eigenvalue weighted by molar-refractivity contribution is 7.90. The van der Waals surface area contributed by atoms with E-state index >= 15 is 0 Å². The van der Waals surface area contributed by atoms with Crippen LogP contribution in [0.4, 0.5) is 26.3 Å². The number of alkyl halides is 6. The van der Waals surface area contributed by atoms with E-state index in [0.29, 0.717) is 0 Å². The number of nitrogens with two attached hydrogens (primary N) is 1. The fraction of sp³-hybridized carbons (Fsp3) is 0.714. The van der Waals surface area contributed by atoms with Crippen molar-refractivity contribution in [3.63, 3.8) is 0 Å². The molecule has 0 atom stereocenters. The van der Waals surface area contributed by atoms with Crippen molar-refractivity contribution in [1.82, 2.24) is 0 Å². The Balaban J connectivity index is 5.63. The molecule has 0 amide bonds. The van der Waals surface area contributed by atoms with Gasteiger partial charge in [-0.2, -0.15) is 26.3 Å². The van der Waals surface area contributed by atoms with Crippen molar-refractivity contribution < 1.29 is 34.8 Å². The lowest BCUT2D eigenvalue weighted by Crippen LogP contribution is -2.59. The molecule has 0 aliphatic carbocycles. The van der Waals surface area contributed by atoms with Gasteiger partial charge >= 0.3 is 17.1 Å². The minimum absolute atomic E-state index is 0.514. The Bertz CT molecular complexity index is 416. The number of allylic oxidation sites excluding steroid dienone is 1. The monoisotopic (exact) mass is 285 g/mol. The Morgan fingerprint density at radius 3 is 1.76 bits per heavy atom. The van der Waals surface area contributed by atoms with E-state index in [1.807, 2.05) is 0 Å². The molecule has 2 N–H and O–H groups in total. The first kappa shape index (κ1) is 16.2. The van der Waals surface area contributed by atoms with Crippen molar-refractivity contribution in [2.45, 2.75) is 30.4 Å². The molecule has 0 spiro atoms. The van der Waals surface area contributed by atoms with Crippen LogP contribution in [0, 0.1) is 0 Å². The first-order valence-electron chi connectivity index (χ1n) is 3.97. The van der Waals surface area contributed by atoms with Gasteiger partial charge < -0.3 is 0 Å². The number of halogens is 6. The Morgan fingerprint density at radius 2 is 1.53 bits per heavy atom. The minimum Gasteiger partial charge on any atom is -0.223 e. The molecule has 3 nitrogen and oxygen atoms in total. The maximum atomic E-state index is 12.9. The van der Waals surface area contributed by atoms with Crippen LogP contribution < -0.4 is 5.14 Å². The molecule has 0 bridgehead atoms. The Morgan fingerprint density at radius 1 is 1.18 bits per heavy atom. The van der Waals surface area contributed by atoms with Gasteiger partial charge in [-0.05, 0) is 6.92 Å². The van der Waals surface area contributed by atoms with Gasteiger partial charge in [0.1, 0.15) is 0 Å². The molecule has 0 unspecified atom stereocenters. The normalized spacial score (nSPS) is 14.8. The fourth-order valence-corrected chi connectivity index (χ4v) is 1.39. The maximum absolute atomic E-state index is 12.9. The largest absolute Gasteiger partial charge is 0.426 e. The summed E-state index contributed by atoms with van der Waals surface area (Å²) in [6.45, 7) is 3.76. The third-order valence-corrected chi connectivity index (χ3v) is 2.68. The Hall–Kier alpha value is -0.770. The molecule has 0 aliphatic rings. The van der Waals surface area contributed by atoms with Crippen molar-refractivity contribution in [3.8, 4) is 0 Å². The molecule has 0 radical (unpaired) electrons. The molecular formula is C7H9F6NO2S. The predicted molar refractivity (Wildman–Crippen MR) is 47.4 cm³/mol. The summed E-state index contributed by atoms with van der Waals surface area (Å²) in [5.74, 6) is -11.4. The molecule has 0 aromatic heterocycles. The van der Waals surface area contributed by atoms with E-state index in [1.165, 1.54) is 0 Å². The van der Waals surface area contributed by atoms with E-state index < -0.39 is 39.1 Å². The third-order valence-electron chi connectivity index (χ3n) is 1.71. The van der Waals surface area contributed by atoms with Crippen LogP contribution in [0.2, 0.25) is 0 Å². The van der Waals surface area contributed by atoms with Gasteiger partial charge in [0, 0.05) is 6.42 Å². The van der Waals surface area contributed by atoms with E-state index in [-0.39, 0.29) is 0 Å². The van der Waals surface area contributed by atoms with E-state index in [4.69, 9.17) is 0 Å². The van der Waals surface area contributed by atoms with Crippen molar-refractivity contribution in [1.29, 1.82) is 0 Å². The second-order valence-corrected chi connectivity index (χ2v) is 5.08. The van der Waals surface area contributed by atoms with Crippen LogP contribution in [0.25, 0.3) is 0 Å². The summed E-state index contributed by atoms with van der Waals surface area (Å²) >= 11 is 0. The molecule has 0 aliphatic heterocycles. The number of hydrogen-bond donors (Lipinski definition) is 1. The van der Waals surface area contributed by atoms with Gasteiger partial charge in [-0.25, -0.2) is 13.6 Å². The van der Waals surface area contributed by atoms with E-state index in [2.05, 4.69) is 11.7 Å². The van der Waals surface area contributed by atoms with E-state index in [1.54, 1.807) is 0 Å². The Kier molecular flexibility index (Phi) is 3.97. The Labute approximate surface area is 93.3 Å². The molecule has 0 aromatic rings.